The summed E-state index contributed by atoms with van der Waals surface area (Å²) in [5, 5.41) is 0. The van der Waals surface area contributed by atoms with E-state index in [1.807, 2.05) is 0 Å². The monoisotopic (exact) mass is 257 g/mol. The molecule has 0 aromatic carbocycles. The van der Waals surface area contributed by atoms with E-state index in [0.717, 1.165) is 19.6 Å². The van der Waals surface area contributed by atoms with E-state index in [-0.39, 0.29) is 18.5 Å². The van der Waals surface area contributed by atoms with Gasteiger partial charge in [-0.05, 0) is 32.9 Å². The van der Waals surface area contributed by atoms with Crippen molar-refractivity contribution in [1.82, 2.24) is 4.90 Å². The fourth-order valence-electron chi connectivity index (χ4n) is 2.64. The first kappa shape index (κ1) is 13.8. The summed E-state index contributed by atoms with van der Waals surface area (Å²) < 4.78 is 16.1. The number of likely N-dealkylation sites (tertiary alicyclic amines) is 1. The van der Waals surface area contributed by atoms with E-state index in [9.17, 15) is 4.79 Å². The van der Waals surface area contributed by atoms with Crippen molar-refractivity contribution >= 4 is 5.97 Å². The Morgan fingerprint density at radius 1 is 1.39 bits per heavy atom. The normalized spacial score (nSPS) is 33.6. The Morgan fingerprint density at radius 3 is 2.78 bits per heavy atom. The molecule has 18 heavy (non-hydrogen) atoms. The molecule has 0 saturated carbocycles. The lowest BCUT2D eigenvalue weighted by Gasteiger charge is -2.29. The van der Waals surface area contributed by atoms with Crippen LogP contribution in [0.4, 0.5) is 0 Å². The molecule has 0 aromatic heterocycles. The number of nitrogens with zero attached hydrogens (tertiary/aromatic N) is 1. The molecule has 0 bridgehead atoms. The van der Waals surface area contributed by atoms with Gasteiger partial charge < -0.3 is 19.1 Å². The van der Waals surface area contributed by atoms with Crippen LogP contribution in [0.15, 0.2) is 0 Å². The molecule has 5 heteroatoms. The van der Waals surface area contributed by atoms with Crippen molar-refractivity contribution in [2.45, 2.75) is 44.5 Å². The summed E-state index contributed by atoms with van der Waals surface area (Å²) in [6.45, 7) is 5.56. The fraction of sp³-hybridized carbons (Fsp3) is 0.923. The zero-order valence-corrected chi connectivity index (χ0v) is 11.3. The Labute approximate surface area is 108 Å². The van der Waals surface area contributed by atoms with Crippen molar-refractivity contribution in [3.8, 4) is 0 Å². The van der Waals surface area contributed by atoms with Gasteiger partial charge >= 0.3 is 5.97 Å². The molecule has 0 spiro atoms. The lowest BCUT2D eigenvalue weighted by atomic mass is 10.1. The van der Waals surface area contributed by atoms with Crippen molar-refractivity contribution < 1.29 is 19.0 Å². The molecule has 0 aliphatic carbocycles. The summed E-state index contributed by atoms with van der Waals surface area (Å²) in [5.74, 6) is -1.11. The van der Waals surface area contributed by atoms with E-state index in [1.165, 1.54) is 26.4 Å². The van der Waals surface area contributed by atoms with Gasteiger partial charge in [0.2, 0.25) is 0 Å². The molecule has 2 aliphatic heterocycles. The number of hydrogen-bond acceptors (Lipinski definition) is 5. The van der Waals surface area contributed by atoms with E-state index >= 15 is 0 Å². The molecule has 0 radical (unpaired) electrons. The predicted molar refractivity (Wildman–Crippen MR) is 66.2 cm³/mol. The molecule has 5 nitrogen and oxygen atoms in total. The predicted octanol–water partition coefficient (Wildman–Crippen LogP) is 1.17. The standard InChI is InChI=1S/C13H23NO4/c1-13(8-12(15)16-2)17-10-11(18-13)9-14-6-4-3-5-7-14/h11H,3-10H2,1-2H3/t11-,13+/m0/s1. The van der Waals surface area contributed by atoms with E-state index in [1.54, 1.807) is 6.92 Å². The van der Waals surface area contributed by atoms with Gasteiger partial charge in [-0.15, -0.1) is 0 Å². The first-order valence-corrected chi connectivity index (χ1v) is 6.72. The molecule has 0 unspecified atom stereocenters. The highest BCUT2D eigenvalue weighted by molar-refractivity contribution is 5.70. The molecule has 2 atom stereocenters. The summed E-state index contributed by atoms with van der Waals surface area (Å²) in [7, 11) is 1.38. The molecule has 2 aliphatic rings. The van der Waals surface area contributed by atoms with E-state index < -0.39 is 5.79 Å². The van der Waals surface area contributed by atoms with Gasteiger partial charge in [-0.1, -0.05) is 6.42 Å². The van der Waals surface area contributed by atoms with Gasteiger partial charge in [0.05, 0.1) is 26.2 Å². The average molecular weight is 257 g/mol. The summed E-state index contributed by atoms with van der Waals surface area (Å²) >= 11 is 0. The van der Waals surface area contributed by atoms with Crippen molar-refractivity contribution in [3.63, 3.8) is 0 Å². The topological polar surface area (TPSA) is 48.0 Å². The molecule has 2 fully saturated rings. The van der Waals surface area contributed by atoms with E-state index in [2.05, 4.69) is 9.64 Å². The maximum atomic E-state index is 11.3. The number of ether oxygens (including phenoxy) is 3. The molecule has 104 valence electrons. The lowest BCUT2D eigenvalue weighted by molar-refractivity contribution is -0.179. The first-order valence-electron chi connectivity index (χ1n) is 6.72. The van der Waals surface area contributed by atoms with Gasteiger partial charge in [0, 0.05) is 6.54 Å². The molecule has 2 heterocycles. The maximum Gasteiger partial charge on any atom is 0.310 e. The third-order valence-corrected chi connectivity index (χ3v) is 3.59. The van der Waals surface area contributed by atoms with Gasteiger partial charge in [0.25, 0.3) is 0 Å². The largest absolute Gasteiger partial charge is 0.469 e. The van der Waals surface area contributed by atoms with Crippen LogP contribution < -0.4 is 0 Å². The molecule has 0 aromatic rings. The Bertz CT molecular complexity index is 291. The minimum Gasteiger partial charge on any atom is -0.469 e. The molecular weight excluding hydrogens is 234 g/mol. The minimum atomic E-state index is -0.812. The second-order valence-corrected chi connectivity index (χ2v) is 5.30. The summed E-state index contributed by atoms with van der Waals surface area (Å²) in [4.78, 5) is 13.7. The number of carbonyl (C=O) groups excluding carboxylic acids is 1. The zero-order valence-electron chi connectivity index (χ0n) is 11.3. The van der Waals surface area contributed by atoms with Crippen molar-refractivity contribution in [2.24, 2.45) is 0 Å². The van der Waals surface area contributed by atoms with E-state index in [0.29, 0.717) is 6.61 Å². The molecule has 2 saturated heterocycles. The van der Waals surface area contributed by atoms with Crippen molar-refractivity contribution in [2.75, 3.05) is 33.4 Å². The lowest BCUT2D eigenvalue weighted by Crippen LogP contribution is -2.38. The number of hydrogen-bond donors (Lipinski definition) is 0. The zero-order chi connectivity index (χ0) is 13.0. The average Bonchev–Trinajstić information content (AvgIpc) is 2.71. The van der Waals surface area contributed by atoms with Gasteiger partial charge in [-0.3, -0.25) is 4.79 Å². The SMILES string of the molecule is COC(=O)C[C@]1(C)OC[C@H](CN2CCCCC2)O1. The van der Waals surface area contributed by atoms with Gasteiger partial charge in [-0.2, -0.15) is 0 Å². The Hall–Kier alpha value is -0.650. The van der Waals surface area contributed by atoms with Crippen LogP contribution in [0.25, 0.3) is 0 Å². The van der Waals surface area contributed by atoms with Gasteiger partial charge in [0.15, 0.2) is 5.79 Å². The van der Waals surface area contributed by atoms with Crippen LogP contribution in [0.1, 0.15) is 32.6 Å². The highest BCUT2D eigenvalue weighted by Gasteiger charge is 2.40. The van der Waals surface area contributed by atoms with Crippen LogP contribution in [0, 0.1) is 0 Å². The second-order valence-electron chi connectivity index (χ2n) is 5.30. The van der Waals surface area contributed by atoms with Crippen LogP contribution in [0.3, 0.4) is 0 Å². The van der Waals surface area contributed by atoms with Crippen LogP contribution in [0.5, 0.6) is 0 Å². The number of carbonyl (C=O) groups is 1. The third-order valence-electron chi connectivity index (χ3n) is 3.59. The molecule has 2 rings (SSSR count). The second kappa shape index (κ2) is 5.99. The number of piperidine rings is 1. The van der Waals surface area contributed by atoms with E-state index in [4.69, 9.17) is 9.47 Å². The summed E-state index contributed by atoms with van der Waals surface area (Å²) in [6, 6.07) is 0. The quantitative estimate of drug-likeness (QED) is 0.707. The summed E-state index contributed by atoms with van der Waals surface area (Å²) in [5.41, 5.74) is 0. The van der Waals surface area contributed by atoms with Crippen LogP contribution in [-0.4, -0.2) is 56.1 Å². The number of methoxy groups -OCH3 is 1. The molecule has 0 N–H and O–H groups in total. The van der Waals surface area contributed by atoms with Crippen LogP contribution in [-0.2, 0) is 19.0 Å². The van der Waals surface area contributed by atoms with Gasteiger partial charge in [0.1, 0.15) is 0 Å². The van der Waals surface area contributed by atoms with Crippen LogP contribution >= 0.6 is 0 Å². The third kappa shape index (κ3) is 3.67. The Balaban J connectivity index is 1.78. The highest BCUT2D eigenvalue weighted by Crippen LogP contribution is 2.28. The minimum absolute atomic E-state index is 0.0674. The number of esters is 1. The number of rotatable bonds is 4. The molecule has 0 amide bonds. The van der Waals surface area contributed by atoms with Gasteiger partial charge in [-0.25, -0.2) is 0 Å². The smallest absolute Gasteiger partial charge is 0.310 e. The van der Waals surface area contributed by atoms with Crippen LogP contribution in [0.2, 0.25) is 0 Å². The van der Waals surface area contributed by atoms with Crippen molar-refractivity contribution in [3.05, 3.63) is 0 Å². The molecular formula is C13H23NO4. The summed E-state index contributed by atoms with van der Waals surface area (Å²) in [6.07, 6.45) is 4.09. The fourth-order valence-corrected chi connectivity index (χ4v) is 2.64. The maximum absolute atomic E-state index is 11.3. The first-order chi connectivity index (χ1) is 8.61. The Kier molecular flexibility index (Phi) is 4.59. The Morgan fingerprint density at radius 2 is 2.11 bits per heavy atom. The highest BCUT2D eigenvalue weighted by atomic mass is 16.7. The van der Waals surface area contributed by atoms with Crippen molar-refractivity contribution in [1.29, 1.82) is 0 Å².